The zero-order chi connectivity index (χ0) is 14.7. The molecule has 0 unspecified atom stereocenters. The highest BCUT2D eigenvalue weighted by Crippen LogP contribution is 2.40. The van der Waals surface area contributed by atoms with Gasteiger partial charge in [-0.05, 0) is 40.8 Å². The predicted molar refractivity (Wildman–Crippen MR) is 102 cm³/mol. The Morgan fingerprint density at radius 3 is 2.39 bits per heavy atom. The van der Waals surface area contributed by atoms with Crippen molar-refractivity contribution in [2.24, 2.45) is 5.92 Å². The highest BCUT2D eigenvalue weighted by molar-refractivity contribution is 9.10. The van der Waals surface area contributed by atoms with Crippen LogP contribution in [0.1, 0.15) is 43.7 Å². The summed E-state index contributed by atoms with van der Waals surface area (Å²) >= 11 is 3.36. The minimum atomic E-state index is -0.0633. The molecule has 6 heteroatoms. The molecule has 1 N–H and O–H groups in total. The molecule has 0 radical (unpaired) electrons. The molecule has 1 aromatic rings. The Hall–Kier alpha value is 0.130. The maximum absolute atomic E-state index is 14.7. The summed E-state index contributed by atoms with van der Waals surface area (Å²) in [7, 11) is 0. The van der Waals surface area contributed by atoms with Crippen LogP contribution in [0, 0.1) is 11.7 Å². The zero-order valence-corrected chi connectivity index (χ0v) is 16.5. The molecule has 3 rings (SSSR count). The summed E-state index contributed by atoms with van der Waals surface area (Å²) in [5.41, 5.74) is 0.887. The van der Waals surface area contributed by atoms with E-state index in [1.807, 2.05) is 12.1 Å². The average molecular weight is 428 g/mol. The molecule has 0 bridgehead atoms. The first-order valence-electron chi connectivity index (χ1n) is 8.16. The highest BCUT2D eigenvalue weighted by Gasteiger charge is 2.32. The van der Waals surface area contributed by atoms with E-state index in [0.717, 1.165) is 31.7 Å². The molecule has 2 fully saturated rings. The van der Waals surface area contributed by atoms with Crippen molar-refractivity contribution >= 4 is 40.7 Å². The third kappa shape index (κ3) is 5.05. The molecular formula is C17H26BrCl2FN2. The summed E-state index contributed by atoms with van der Waals surface area (Å²) in [5.74, 6) is 0.534. The fourth-order valence-corrected chi connectivity index (χ4v) is 4.29. The van der Waals surface area contributed by atoms with Gasteiger partial charge in [0.05, 0.1) is 4.47 Å². The maximum atomic E-state index is 14.7. The van der Waals surface area contributed by atoms with Crippen molar-refractivity contribution in [1.82, 2.24) is 10.2 Å². The van der Waals surface area contributed by atoms with Crippen molar-refractivity contribution in [3.8, 4) is 0 Å². The van der Waals surface area contributed by atoms with E-state index in [1.165, 1.54) is 32.1 Å². The van der Waals surface area contributed by atoms with Gasteiger partial charge in [0.1, 0.15) is 5.82 Å². The highest BCUT2D eigenvalue weighted by atomic mass is 79.9. The van der Waals surface area contributed by atoms with Gasteiger partial charge < -0.3 is 5.32 Å². The Morgan fingerprint density at radius 2 is 1.74 bits per heavy atom. The first kappa shape index (κ1) is 21.2. The molecule has 0 amide bonds. The van der Waals surface area contributed by atoms with Crippen LogP contribution in [0.15, 0.2) is 22.7 Å². The second kappa shape index (κ2) is 10.2. The number of rotatable bonds is 3. The number of halogens is 4. The molecule has 2 aliphatic rings. The van der Waals surface area contributed by atoms with E-state index in [1.54, 1.807) is 6.07 Å². The molecule has 1 aliphatic heterocycles. The smallest absolute Gasteiger partial charge is 0.142 e. The van der Waals surface area contributed by atoms with Crippen molar-refractivity contribution in [3.63, 3.8) is 0 Å². The predicted octanol–water partition coefficient (Wildman–Crippen LogP) is 4.96. The summed E-state index contributed by atoms with van der Waals surface area (Å²) in [6.07, 6.45) is 6.40. The topological polar surface area (TPSA) is 15.3 Å². The van der Waals surface area contributed by atoms with Crippen molar-refractivity contribution in [1.29, 1.82) is 0 Å². The van der Waals surface area contributed by atoms with E-state index in [0.29, 0.717) is 10.4 Å². The number of nitrogens with zero attached hydrogens (tertiary/aromatic N) is 1. The van der Waals surface area contributed by atoms with E-state index in [9.17, 15) is 4.39 Å². The largest absolute Gasteiger partial charge is 0.314 e. The fourth-order valence-electron chi connectivity index (χ4n) is 3.91. The lowest BCUT2D eigenvalue weighted by Gasteiger charge is -2.41. The molecular weight excluding hydrogens is 402 g/mol. The number of hydrogen-bond acceptors (Lipinski definition) is 2. The van der Waals surface area contributed by atoms with Crippen LogP contribution in [0.5, 0.6) is 0 Å². The molecule has 1 saturated heterocycles. The van der Waals surface area contributed by atoms with Crippen molar-refractivity contribution in [2.75, 3.05) is 26.2 Å². The van der Waals surface area contributed by atoms with Crippen molar-refractivity contribution in [2.45, 2.75) is 38.1 Å². The molecule has 1 heterocycles. The van der Waals surface area contributed by atoms with Crippen molar-refractivity contribution in [3.05, 3.63) is 34.1 Å². The molecule has 1 aliphatic carbocycles. The number of nitrogens with one attached hydrogen (secondary N) is 1. The standard InChI is InChI=1S/C17H24BrFN2.2ClH/c18-15-8-4-7-14(16(15)19)17(13-5-2-1-3-6-13)21-11-9-20-10-12-21;;/h4,7-8,13,17,20H,1-3,5-6,9-12H2;2*1H/t17-;;/m0../s1. The molecule has 132 valence electrons. The van der Waals surface area contributed by atoms with Gasteiger partial charge in [0.25, 0.3) is 0 Å². The van der Waals surface area contributed by atoms with Crippen LogP contribution in [-0.2, 0) is 0 Å². The van der Waals surface area contributed by atoms with Crippen LogP contribution in [0.25, 0.3) is 0 Å². The number of benzene rings is 1. The van der Waals surface area contributed by atoms with Gasteiger partial charge in [0, 0.05) is 37.8 Å². The Kier molecular flexibility index (Phi) is 9.39. The van der Waals surface area contributed by atoms with E-state index in [-0.39, 0.29) is 36.7 Å². The second-order valence-corrected chi connectivity index (χ2v) is 7.13. The summed E-state index contributed by atoms with van der Waals surface area (Å²) in [6.45, 7) is 4.07. The Labute approximate surface area is 159 Å². The lowest BCUT2D eigenvalue weighted by molar-refractivity contribution is 0.100. The number of piperazine rings is 1. The Balaban J connectivity index is 0.00000132. The minimum absolute atomic E-state index is 0. The second-order valence-electron chi connectivity index (χ2n) is 6.27. The fraction of sp³-hybridized carbons (Fsp3) is 0.647. The third-order valence-electron chi connectivity index (χ3n) is 4.94. The van der Waals surface area contributed by atoms with E-state index < -0.39 is 0 Å². The van der Waals surface area contributed by atoms with Gasteiger partial charge in [-0.2, -0.15) is 0 Å². The quantitative estimate of drug-likeness (QED) is 0.733. The summed E-state index contributed by atoms with van der Waals surface area (Å²) in [6, 6.07) is 6.00. The maximum Gasteiger partial charge on any atom is 0.142 e. The van der Waals surface area contributed by atoms with E-state index in [2.05, 4.69) is 26.1 Å². The van der Waals surface area contributed by atoms with Crippen LogP contribution < -0.4 is 5.32 Å². The Morgan fingerprint density at radius 1 is 1.09 bits per heavy atom. The summed E-state index contributed by atoms with van der Waals surface area (Å²) in [4.78, 5) is 2.50. The Bertz CT molecular complexity index is 460. The van der Waals surface area contributed by atoms with Gasteiger partial charge >= 0.3 is 0 Å². The zero-order valence-electron chi connectivity index (χ0n) is 13.3. The first-order chi connectivity index (χ1) is 10.3. The van der Waals surface area contributed by atoms with E-state index >= 15 is 0 Å². The molecule has 0 aromatic heterocycles. The van der Waals surface area contributed by atoms with Gasteiger partial charge in [0.15, 0.2) is 0 Å². The van der Waals surface area contributed by atoms with Gasteiger partial charge in [-0.1, -0.05) is 31.4 Å². The van der Waals surface area contributed by atoms with Crippen LogP contribution in [-0.4, -0.2) is 31.1 Å². The summed E-state index contributed by atoms with van der Waals surface area (Å²) in [5, 5.41) is 3.41. The van der Waals surface area contributed by atoms with E-state index in [4.69, 9.17) is 0 Å². The lowest BCUT2D eigenvalue weighted by Crippen LogP contribution is -2.47. The monoisotopic (exact) mass is 426 g/mol. The van der Waals surface area contributed by atoms with Crippen LogP contribution in [0.2, 0.25) is 0 Å². The van der Waals surface area contributed by atoms with Crippen LogP contribution in [0.4, 0.5) is 4.39 Å². The van der Waals surface area contributed by atoms with Gasteiger partial charge in [-0.15, -0.1) is 24.8 Å². The van der Waals surface area contributed by atoms with Crippen LogP contribution >= 0.6 is 40.7 Å². The molecule has 1 atom stereocenters. The minimum Gasteiger partial charge on any atom is -0.314 e. The third-order valence-corrected chi connectivity index (χ3v) is 5.55. The molecule has 2 nitrogen and oxygen atoms in total. The molecule has 23 heavy (non-hydrogen) atoms. The first-order valence-corrected chi connectivity index (χ1v) is 8.95. The number of hydrogen-bond donors (Lipinski definition) is 1. The average Bonchev–Trinajstić information content (AvgIpc) is 2.54. The SMILES string of the molecule is Cl.Cl.Fc1c(Br)cccc1[C@H](C1CCCCC1)N1CCNCC1. The van der Waals surface area contributed by atoms with Crippen LogP contribution in [0.3, 0.4) is 0 Å². The van der Waals surface area contributed by atoms with Gasteiger partial charge in [-0.3, -0.25) is 4.90 Å². The lowest BCUT2D eigenvalue weighted by atomic mass is 9.80. The molecule has 1 saturated carbocycles. The van der Waals surface area contributed by atoms with Gasteiger partial charge in [-0.25, -0.2) is 4.39 Å². The van der Waals surface area contributed by atoms with Crippen molar-refractivity contribution < 1.29 is 4.39 Å². The molecule has 0 spiro atoms. The van der Waals surface area contributed by atoms with Gasteiger partial charge in [0.2, 0.25) is 0 Å². The molecule has 1 aromatic carbocycles. The normalized spacial score (nSPS) is 21.1. The summed E-state index contributed by atoms with van der Waals surface area (Å²) < 4.78 is 15.3.